The van der Waals surface area contributed by atoms with Gasteiger partial charge >= 0.3 is 12.1 Å². The van der Waals surface area contributed by atoms with Gasteiger partial charge in [-0.3, -0.25) is 33.6 Å². The van der Waals surface area contributed by atoms with E-state index >= 15 is 4.39 Å². The van der Waals surface area contributed by atoms with Crippen LogP contribution in [0.25, 0.3) is 11.1 Å². The number of hydrogen-bond donors (Lipinski definition) is 8. The van der Waals surface area contributed by atoms with Gasteiger partial charge in [0.25, 0.3) is 0 Å². The van der Waals surface area contributed by atoms with Crippen molar-refractivity contribution in [3.63, 3.8) is 0 Å². The Morgan fingerprint density at radius 2 is 1.35 bits per heavy atom. The molecule has 22 heteroatoms. The Morgan fingerprint density at radius 1 is 0.733 bits per heavy atom. The van der Waals surface area contributed by atoms with Gasteiger partial charge in [0.1, 0.15) is 53.6 Å². The number of nitrogens with one attached hydrogen (secondary N) is 5. The highest BCUT2D eigenvalue weighted by molar-refractivity contribution is 5.97. The van der Waals surface area contributed by atoms with E-state index in [1.54, 1.807) is 53.8 Å². The summed E-state index contributed by atoms with van der Waals surface area (Å²) >= 11 is 0. The van der Waals surface area contributed by atoms with Crippen LogP contribution in [0.2, 0.25) is 0 Å². The molecular weight excluding hydrogens is 977 g/mol. The van der Waals surface area contributed by atoms with E-state index in [-0.39, 0.29) is 38.0 Å². The molecule has 0 aliphatic carbocycles. The van der Waals surface area contributed by atoms with Crippen LogP contribution in [0.1, 0.15) is 125 Å². The minimum absolute atomic E-state index is 0.00204. The molecule has 1 heterocycles. The number of nitrogens with two attached hydrogens (primary N) is 2. The summed E-state index contributed by atoms with van der Waals surface area (Å²) in [5, 5.41) is 22.7. The standard InChI is InChI=1S/C53H77F2N9O11/c1-32(59-48(71)38(19-14-15-22-56)62-50(73)75-53(8,9)10)46(69)60-40(28-44(68)74-52(5,6)7)49(72)61-39(27-42(57)66)47(70)58-23-16-24-64(43(67)31-65)45(51(2,3)4)41-25-34(36-26-35(54)20-21-37(36)55)30-63(41)29-33-17-12-11-13-18-33/h11-13,17-18,20-21,25-26,30,32,38-40,45,65H,14-16,19,22-24,27-29,31,56H2,1-10H3,(H2,57,66)(H,58,70)(H,59,71)(H,60,69)(H,61,72)(H,62,73)/t32-,38-,39-,40+,45-/m0/s1. The molecule has 0 fully saturated rings. The lowest BCUT2D eigenvalue weighted by Gasteiger charge is -2.41. The smallest absolute Gasteiger partial charge is 0.408 e. The van der Waals surface area contributed by atoms with Crippen LogP contribution in [0, 0.1) is 17.0 Å². The number of alkyl carbamates (subject to hydrolysis) is 1. The second kappa shape index (κ2) is 28.1. The van der Waals surface area contributed by atoms with E-state index in [0.29, 0.717) is 30.6 Å². The summed E-state index contributed by atoms with van der Waals surface area (Å²) in [5.74, 6) is -7.58. The number of hydrogen-bond acceptors (Lipinski definition) is 12. The van der Waals surface area contributed by atoms with Crippen molar-refractivity contribution in [2.45, 2.75) is 156 Å². The molecule has 75 heavy (non-hydrogen) atoms. The van der Waals surface area contributed by atoms with E-state index in [9.17, 15) is 47.9 Å². The van der Waals surface area contributed by atoms with Crippen LogP contribution in [0.5, 0.6) is 0 Å². The first kappa shape index (κ1) is 62.4. The third kappa shape index (κ3) is 21.1. The molecule has 0 saturated heterocycles. The number of nitrogens with zero attached hydrogens (tertiary/aromatic N) is 2. The molecule has 5 atom stereocenters. The van der Waals surface area contributed by atoms with Crippen LogP contribution < -0.4 is 38.1 Å². The van der Waals surface area contributed by atoms with E-state index < -0.39 is 125 Å². The zero-order chi connectivity index (χ0) is 56.4. The number of amides is 7. The molecule has 0 unspecified atom stereocenters. The lowest BCUT2D eigenvalue weighted by atomic mass is 9.83. The lowest BCUT2D eigenvalue weighted by molar-refractivity contribution is -0.156. The van der Waals surface area contributed by atoms with Gasteiger partial charge < -0.3 is 62.1 Å². The zero-order valence-corrected chi connectivity index (χ0v) is 44.8. The number of aromatic nitrogens is 1. The normalized spacial score (nSPS) is 13.7. The molecule has 1 aromatic heterocycles. The molecule has 3 rings (SSSR count). The van der Waals surface area contributed by atoms with Crippen molar-refractivity contribution >= 4 is 47.5 Å². The number of rotatable bonds is 26. The molecule has 0 aliphatic heterocycles. The number of carbonyl (C=O) groups excluding carboxylic acids is 8. The van der Waals surface area contributed by atoms with Crippen LogP contribution in [-0.2, 0) is 49.6 Å². The minimum Gasteiger partial charge on any atom is -0.460 e. The predicted molar refractivity (Wildman–Crippen MR) is 276 cm³/mol. The first-order valence-corrected chi connectivity index (χ1v) is 24.9. The Hall–Kier alpha value is -6.94. The summed E-state index contributed by atoms with van der Waals surface area (Å²) in [6.07, 6.45) is 0.516. The van der Waals surface area contributed by atoms with Gasteiger partial charge in [-0.05, 0) is 116 Å². The Morgan fingerprint density at radius 3 is 1.93 bits per heavy atom. The fourth-order valence-corrected chi connectivity index (χ4v) is 8.01. The predicted octanol–water partition coefficient (Wildman–Crippen LogP) is 4.00. The zero-order valence-electron chi connectivity index (χ0n) is 44.8. The third-order valence-corrected chi connectivity index (χ3v) is 11.3. The Bertz CT molecular complexity index is 2450. The molecule has 10 N–H and O–H groups in total. The summed E-state index contributed by atoms with van der Waals surface area (Å²) in [5.41, 5.74) is 10.3. The first-order valence-electron chi connectivity index (χ1n) is 24.9. The van der Waals surface area contributed by atoms with Gasteiger partial charge in [0.15, 0.2) is 0 Å². The molecule has 0 radical (unpaired) electrons. The number of carbonyl (C=O) groups is 8. The highest BCUT2D eigenvalue weighted by Gasteiger charge is 2.38. The summed E-state index contributed by atoms with van der Waals surface area (Å²) < 4.78 is 42.3. The SMILES string of the molecule is C[C@H](NC(=O)[C@H](CCCCN)NC(=O)OC(C)(C)C)C(=O)N[C@H](CC(=O)OC(C)(C)C)C(=O)N[C@@H](CC(N)=O)C(=O)NCCCN(C(=O)CO)[C@@H](c1cc(-c2cc(F)ccc2F)cn1Cc1ccccc1)C(C)(C)C. The van der Waals surface area contributed by atoms with E-state index in [4.69, 9.17) is 20.9 Å². The Kier molecular flexibility index (Phi) is 23.4. The van der Waals surface area contributed by atoms with Crippen LogP contribution in [-0.4, -0.2) is 124 Å². The molecular formula is C53H77F2N9O11. The summed E-state index contributed by atoms with van der Waals surface area (Å²) in [4.78, 5) is 108. The number of ether oxygens (including phenoxy) is 2. The lowest BCUT2D eigenvalue weighted by Crippen LogP contribution is -2.58. The Labute approximate surface area is 437 Å². The molecule has 0 bridgehead atoms. The van der Waals surface area contributed by atoms with Gasteiger partial charge in [-0.25, -0.2) is 13.6 Å². The fraction of sp³-hybridized carbons (Fsp3) is 0.547. The number of aliphatic hydroxyl groups excluding tert-OH is 1. The van der Waals surface area contributed by atoms with E-state index in [2.05, 4.69) is 26.6 Å². The van der Waals surface area contributed by atoms with Crippen molar-refractivity contribution in [2.75, 3.05) is 26.2 Å². The van der Waals surface area contributed by atoms with Crippen molar-refractivity contribution in [2.24, 2.45) is 16.9 Å². The maximum absolute atomic E-state index is 15.2. The number of aliphatic hydroxyl groups is 1. The first-order chi connectivity index (χ1) is 34.9. The van der Waals surface area contributed by atoms with Gasteiger partial charge in [0.2, 0.25) is 35.4 Å². The average molecular weight is 1050 g/mol. The highest BCUT2D eigenvalue weighted by atomic mass is 19.1. The van der Waals surface area contributed by atoms with E-state index in [0.717, 1.165) is 23.8 Å². The van der Waals surface area contributed by atoms with Crippen LogP contribution in [0.4, 0.5) is 13.6 Å². The largest absolute Gasteiger partial charge is 0.460 e. The van der Waals surface area contributed by atoms with Crippen molar-refractivity contribution < 1.29 is 61.7 Å². The van der Waals surface area contributed by atoms with Crippen molar-refractivity contribution in [3.8, 4) is 11.1 Å². The van der Waals surface area contributed by atoms with Gasteiger partial charge in [0, 0.05) is 42.7 Å². The van der Waals surface area contributed by atoms with Crippen molar-refractivity contribution in [1.82, 2.24) is 36.1 Å². The van der Waals surface area contributed by atoms with Crippen molar-refractivity contribution in [3.05, 3.63) is 83.7 Å². The molecule has 3 aromatic rings. The number of unbranched alkanes of at least 4 members (excludes halogenated alkanes) is 1. The second-order valence-corrected chi connectivity index (χ2v) is 21.3. The summed E-state index contributed by atoms with van der Waals surface area (Å²) in [6, 6.07) is 7.51. The number of esters is 1. The van der Waals surface area contributed by atoms with Crippen molar-refractivity contribution in [1.29, 1.82) is 0 Å². The van der Waals surface area contributed by atoms with E-state index in [1.807, 2.05) is 55.7 Å². The molecule has 0 aliphatic rings. The fourth-order valence-electron chi connectivity index (χ4n) is 8.01. The van der Waals surface area contributed by atoms with Crippen LogP contribution >= 0.6 is 0 Å². The maximum Gasteiger partial charge on any atom is 0.408 e. The average Bonchev–Trinajstić information content (AvgIpc) is 3.69. The summed E-state index contributed by atoms with van der Waals surface area (Å²) in [6.45, 7) is 16.1. The number of halogens is 2. The van der Waals surface area contributed by atoms with Gasteiger partial charge in [-0.2, -0.15) is 0 Å². The topological polar surface area (TPSA) is 296 Å². The number of benzene rings is 2. The third-order valence-electron chi connectivity index (χ3n) is 11.3. The van der Waals surface area contributed by atoms with Gasteiger partial charge in [-0.1, -0.05) is 51.1 Å². The van der Waals surface area contributed by atoms with Crippen LogP contribution in [0.3, 0.4) is 0 Å². The molecule has 20 nitrogen and oxygen atoms in total. The van der Waals surface area contributed by atoms with Gasteiger partial charge in [-0.15, -0.1) is 0 Å². The second-order valence-electron chi connectivity index (χ2n) is 21.3. The maximum atomic E-state index is 15.2. The van der Waals surface area contributed by atoms with Gasteiger partial charge in [0.05, 0.1) is 18.9 Å². The molecule has 2 aromatic carbocycles. The summed E-state index contributed by atoms with van der Waals surface area (Å²) in [7, 11) is 0. The molecule has 0 saturated carbocycles. The Balaban J connectivity index is 1.86. The van der Waals surface area contributed by atoms with Crippen LogP contribution in [0.15, 0.2) is 60.8 Å². The number of primary amides is 1. The monoisotopic (exact) mass is 1050 g/mol. The van der Waals surface area contributed by atoms with E-state index in [1.165, 1.54) is 11.8 Å². The highest BCUT2D eigenvalue weighted by Crippen LogP contribution is 2.41. The molecule has 0 spiro atoms. The molecule has 7 amide bonds. The quantitative estimate of drug-likeness (QED) is 0.0418. The minimum atomic E-state index is -1.72. The molecule has 414 valence electrons.